The highest BCUT2D eigenvalue weighted by molar-refractivity contribution is 5.90. The van der Waals surface area contributed by atoms with E-state index in [-0.39, 0.29) is 0 Å². The minimum Gasteiger partial charge on any atom is -0.399 e. The monoisotopic (exact) mass is 676 g/mol. The van der Waals surface area contributed by atoms with Crippen LogP contribution in [0.4, 0.5) is 22.7 Å². The molecule has 252 valence electrons. The average Bonchev–Trinajstić information content (AvgIpc) is 3.99. The third-order valence-corrected chi connectivity index (χ3v) is 9.84. The topological polar surface area (TPSA) is 161 Å². The Hall–Kier alpha value is -7.06. The maximum Gasteiger partial charge on any atom is 0.0737 e. The molecule has 52 heavy (non-hydrogen) atoms. The van der Waals surface area contributed by atoms with Gasteiger partial charge in [0, 0.05) is 79.9 Å². The number of hydrogen-bond donors (Lipinski definition) is 6. The van der Waals surface area contributed by atoms with Crippen molar-refractivity contribution in [2.75, 3.05) is 22.9 Å². The highest BCUT2D eigenvalue weighted by Gasteiger charge is 2.21. The summed E-state index contributed by atoms with van der Waals surface area (Å²) >= 11 is 0. The fourth-order valence-electron chi connectivity index (χ4n) is 7.31. The number of rotatable bonds is 4. The van der Waals surface area contributed by atoms with E-state index in [1.54, 1.807) is 0 Å². The van der Waals surface area contributed by atoms with Crippen molar-refractivity contribution in [3.8, 4) is 44.5 Å². The van der Waals surface area contributed by atoms with Crippen molar-refractivity contribution in [2.45, 2.75) is 12.8 Å². The van der Waals surface area contributed by atoms with Crippen LogP contribution in [0.15, 0.2) is 97.1 Å². The van der Waals surface area contributed by atoms with Crippen LogP contribution in [0, 0.1) is 0 Å². The van der Waals surface area contributed by atoms with E-state index in [1.807, 2.05) is 48.5 Å². The highest BCUT2D eigenvalue weighted by Crippen LogP contribution is 2.35. The summed E-state index contributed by atoms with van der Waals surface area (Å²) < 4.78 is 0. The molecule has 5 heterocycles. The fraction of sp³-hybridized carbons (Fsp3) is 0.0455. The Morgan fingerprint density at radius 2 is 0.635 bits per heavy atom. The third-order valence-electron chi connectivity index (χ3n) is 9.84. The van der Waals surface area contributed by atoms with Crippen molar-refractivity contribution in [3.63, 3.8) is 0 Å². The maximum absolute atomic E-state index is 6.16. The summed E-state index contributed by atoms with van der Waals surface area (Å²) in [5.41, 5.74) is 41.0. The van der Waals surface area contributed by atoms with Crippen LogP contribution in [0.5, 0.6) is 0 Å². The summed E-state index contributed by atoms with van der Waals surface area (Å²) in [6.45, 7) is 0. The molecule has 0 aliphatic carbocycles. The van der Waals surface area contributed by atoms with Crippen LogP contribution >= 0.6 is 0 Å². The predicted octanol–water partition coefficient (Wildman–Crippen LogP) is 7.14. The Labute approximate surface area is 300 Å². The van der Waals surface area contributed by atoms with Crippen LogP contribution in [-0.4, -0.2) is 19.9 Å². The highest BCUT2D eigenvalue weighted by atomic mass is 14.8. The van der Waals surface area contributed by atoms with Crippen LogP contribution in [0.3, 0.4) is 0 Å². The van der Waals surface area contributed by atoms with E-state index in [1.165, 1.54) is 0 Å². The van der Waals surface area contributed by atoms with Gasteiger partial charge in [-0.15, -0.1) is 0 Å². The predicted molar refractivity (Wildman–Crippen MR) is 216 cm³/mol. The van der Waals surface area contributed by atoms with E-state index in [9.17, 15) is 0 Å². The second kappa shape index (κ2) is 12.4. The van der Waals surface area contributed by atoms with E-state index >= 15 is 0 Å². The number of fused-ring (bicyclic) bond motifs is 8. The van der Waals surface area contributed by atoms with Crippen LogP contribution in [0.2, 0.25) is 0 Å². The van der Waals surface area contributed by atoms with Gasteiger partial charge in [-0.2, -0.15) is 0 Å². The van der Waals surface area contributed by atoms with Gasteiger partial charge < -0.3 is 32.9 Å². The SMILES string of the molecule is Nc1ccc(-c2c3nc(c(-c4ccc(N)cc4)c4[nH]c(c(-c5ccc(N)cc5)c5nc(c(-c6ccc(N)cc6)c6[nH]c2CC=6)C=C5)CC=4)C=C3)cc1. The number of aromatic nitrogens is 4. The second-order valence-electron chi connectivity index (χ2n) is 13.3. The average molecular weight is 677 g/mol. The van der Waals surface area contributed by atoms with E-state index < -0.39 is 0 Å². The van der Waals surface area contributed by atoms with Crippen molar-refractivity contribution < 1.29 is 0 Å². The van der Waals surface area contributed by atoms with Crippen molar-refractivity contribution in [1.29, 1.82) is 0 Å². The molecule has 0 spiro atoms. The first-order valence-electron chi connectivity index (χ1n) is 17.3. The molecule has 0 radical (unpaired) electrons. The van der Waals surface area contributed by atoms with Gasteiger partial charge in [-0.3, -0.25) is 0 Å². The van der Waals surface area contributed by atoms with Crippen molar-refractivity contribution in [1.82, 2.24) is 19.9 Å². The van der Waals surface area contributed by atoms with E-state index in [4.69, 9.17) is 32.9 Å². The lowest BCUT2D eigenvalue weighted by atomic mass is 10.0. The molecule has 0 unspecified atom stereocenters. The number of H-pyrrole nitrogens is 2. The zero-order chi connectivity index (χ0) is 35.3. The first kappa shape index (κ1) is 31.0. The van der Waals surface area contributed by atoms with Crippen molar-refractivity contribution in [2.24, 2.45) is 0 Å². The van der Waals surface area contributed by atoms with Gasteiger partial charge in [0.05, 0.1) is 22.8 Å². The van der Waals surface area contributed by atoms with Gasteiger partial charge in [-0.25, -0.2) is 9.97 Å². The van der Waals surface area contributed by atoms with Gasteiger partial charge >= 0.3 is 0 Å². The zero-order valence-electron chi connectivity index (χ0n) is 28.3. The minimum atomic E-state index is 0.672. The number of nitrogen functional groups attached to an aromatic ring is 4. The molecule has 8 nitrogen and oxygen atoms in total. The summed E-state index contributed by atoms with van der Waals surface area (Å²) in [6, 6.07) is 31.9. The van der Waals surface area contributed by atoms with Crippen LogP contribution in [0.25, 0.3) is 81.0 Å². The molecule has 8 heteroatoms. The van der Waals surface area contributed by atoms with Gasteiger partial charge in [-0.1, -0.05) is 60.7 Å². The number of nitrogens with zero attached hydrogens (tertiary/aromatic N) is 2. The summed E-state index contributed by atoms with van der Waals surface area (Å²) in [6.07, 6.45) is 14.2. The smallest absolute Gasteiger partial charge is 0.0737 e. The molecule has 4 aromatic carbocycles. The molecule has 0 fully saturated rings. The molecule has 10 N–H and O–H groups in total. The van der Waals surface area contributed by atoms with Crippen molar-refractivity contribution >= 4 is 59.2 Å². The van der Waals surface area contributed by atoms with E-state index in [0.29, 0.717) is 35.6 Å². The first-order chi connectivity index (χ1) is 25.4. The fourth-order valence-corrected chi connectivity index (χ4v) is 7.31. The summed E-state index contributed by atoms with van der Waals surface area (Å²) in [5, 5.41) is 1.94. The third kappa shape index (κ3) is 5.52. The van der Waals surface area contributed by atoms with Crippen LogP contribution in [0.1, 0.15) is 34.2 Å². The molecule has 0 saturated heterocycles. The Kier molecular flexibility index (Phi) is 7.36. The lowest BCUT2D eigenvalue weighted by Gasteiger charge is -2.09. The molecule has 1 aromatic heterocycles. The van der Waals surface area contributed by atoms with Crippen LogP contribution < -0.4 is 33.6 Å². The molecule has 5 aromatic rings. The Morgan fingerprint density at radius 1 is 0.365 bits per heavy atom. The summed E-state index contributed by atoms with van der Waals surface area (Å²) in [5.74, 6) is 0. The molecular formula is C44H36N8. The summed E-state index contributed by atoms with van der Waals surface area (Å²) in [7, 11) is 0. The molecule has 4 aliphatic heterocycles. The molecule has 9 rings (SSSR count). The lowest BCUT2D eigenvalue weighted by molar-refractivity contribution is 1.16. The largest absolute Gasteiger partial charge is 0.399 e. The Bertz CT molecular complexity index is 2490. The standard InChI is InChI=1S/C44H36N8/c45-29-9-1-25(2-10-29)41-33-17-19-35(49-33)42(26-3-11-30(46)12-4-26)37-21-23-39(51-37)44(28-7-15-32(48)16-8-28)40-24-22-38(52-40)43(36-20-18-34(41)50-36)27-5-13-31(47)14-6-27/h1-19,22-24,50-51H,20-21,45-48H2. The van der Waals surface area contributed by atoms with Gasteiger partial charge in [0.2, 0.25) is 0 Å². The molecule has 0 amide bonds. The lowest BCUT2D eigenvalue weighted by Crippen LogP contribution is -2.08. The van der Waals surface area contributed by atoms with Crippen LogP contribution in [-0.2, 0) is 12.8 Å². The summed E-state index contributed by atoms with van der Waals surface area (Å²) in [4.78, 5) is 18.3. The van der Waals surface area contributed by atoms with Gasteiger partial charge in [-0.05, 0) is 95.1 Å². The molecular weight excluding hydrogens is 641 g/mol. The quantitative estimate of drug-likeness (QED) is 0.109. The minimum absolute atomic E-state index is 0.672. The first-order valence-corrected chi connectivity index (χ1v) is 17.3. The van der Waals surface area contributed by atoms with Crippen molar-refractivity contribution in [3.05, 3.63) is 142 Å². The number of aromatic amines is 2. The molecule has 4 aliphatic rings. The normalized spacial score (nSPS) is 12.9. The van der Waals surface area contributed by atoms with Gasteiger partial charge in [0.15, 0.2) is 0 Å². The van der Waals surface area contributed by atoms with E-state index in [0.717, 1.165) is 89.4 Å². The number of benzene rings is 4. The van der Waals surface area contributed by atoms with E-state index in [2.05, 4.69) is 95.0 Å². The Morgan fingerprint density at radius 3 is 0.942 bits per heavy atom. The molecule has 0 saturated carbocycles. The number of nitrogens with two attached hydrogens (primary N) is 4. The van der Waals surface area contributed by atoms with Gasteiger partial charge in [0.25, 0.3) is 0 Å². The van der Waals surface area contributed by atoms with Gasteiger partial charge in [0.1, 0.15) is 0 Å². The zero-order valence-corrected chi connectivity index (χ0v) is 28.3. The maximum atomic E-state index is 6.16. The molecule has 0 atom stereocenters. The molecule has 8 bridgehead atoms. The number of hydrogen-bond acceptors (Lipinski definition) is 6. The second-order valence-corrected chi connectivity index (χ2v) is 13.3. The number of nitrogens with one attached hydrogen (secondary N) is 2. The Balaban J connectivity index is 1.46. The number of anilines is 4.